The molecule has 3 rings (SSSR count). The number of nitrogens with one attached hydrogen (secondary N) is 1. The van der Waals surface area contributed by atoms with E-state index in [9.17, 15) is 9.59 Å². The van der Waals surface area contributed by atoms with Crippen molar-refractivity contribution in [2.75, 3.05) is 13.2 Å². The Morgan fingerprint density at radius 2 is 1.78 bits per heavy atom. The van der Waals surface area contributed by atoms with Gasteiger partial charge in [-0.3, -0.25) is 9.59 Å². The maximum Gasteiger partial charge on any atom is 0.261 e. The minimum atomic E-state index is -0.515. The standard InChI is InChI=1S/C30H41BrN2O3/c1-5-26(29(35)32-24-14-10-7-11-15-24)33(19-18-22-12-8-6-9-13-22)28(34)21-36-27-17-16-23(20-25(27)31)30(2,3)4/h6,8-9,12-13,16-17,20,24,26H,5,7,10-11,14-15,18-19,21H2,1-4H3,(H,32,35). The van der Waals surface area contributed by atoms with Crippen molar-refractivity contribution in [1.82, 2.24) is 10.2 Å². The molecule has 6 heteroatoms. The van der Waals surface area contributed by atoms with Crippen LogP contribution in [0.25, 0.3) is 0 Å². The number of carbonyl (C=O) groups excluding carboxylic acids is 2. The topological polar surface area (TPSA) is 58.6 Å². The normalized spacial score (nSPS) is 15.2. The maximum atomic E-state index is 13.5. The highest BCUT2D eigenvalue weighted by Gasteiger charge is 2.30. The van der Waals surface area contributed by atoms with Gasteiger partial charge in [0.05, 0.1) is 4.47 Å². The van der Waals surface area contributed by atoms with Gasteiger partial charge in [0.2, 0.25) is 5.91 Å². The van der Waals surface area contributed by atoms with Gasteiger partial charge >= 0.3 is 0 Å². The van der Waals surface area contributed by atoms with Crippen LogP contribution in [0.4, 0.5) is 0 Å². The van der Waals surface area contributed by atoms with Gasteiger partial charge in [0.1, 0.15) is 11.8 Å². The number of carbonyl (C=O) groups is 2. The van der Waals surface area contributed by atoms with Gasteiger partial charge in [-0.15, -0.1) is 0 Å². The van der Waals surface area contributed by atoms with Crippen LogP contribution in [-0.2, 0) is 21.4 Å². The van der Waals surface area contributed by atoms with Gasteiger partial charge in [-0.1, -0.05) is 83.4 Å². The quantitative estimate of drug-likeness (QED) is 0.367. The summed E-state index contributed by atoms with van der Waals surface area (Å²) in [5, 5.41) is 3.23. The fourth-order valence-electron chi connectivity index (χ4n) is 4.75. The van der Waals surface area contributed by atoms with Crippen LogP contribution in [-0.4, -0.2) is 41.9 Å². The lowest BCUT2D eigenvalue weighted by Crippen LogP contribution is -2.53. The summed E-state index contributed by atoms with van der Waals surface area (Å²) in [6.45, 7) is 8.80. The van der Waals surface area contributed by atoms with Gasteiger partial charge in [0, 0.05) is 12.6 Å². The molecular formula is C30H41BrN2O3. The monoisotopic (exact) mass is 556 g/mol. The van der Waals surface area contributed by atoms with Gasteiger partial charge in [0.25, 0.3) is 5.91 Å². The average Bonchev–Trinajstić information content (AvgIpc) is 2.86. The first-order valence-corrected chi connectivity index (χ1v) is 14.0. The summed E-state index contributed by atoms with van der Waals surface area (Å²) in [6, 6.07) is 15.7. The molecule has 1 fully saturated rings. The van der Waals surface area contributed by atoms with Crippen molar-refractivity contribution < 1.29 is 14.3 Å². The molecule has 196 valence electrons. The summed E-state index contributed by atoms with van der Waals surface area (Å²) in [6.07, 6.45) is 6.80. The lowest BCUT2D eigenvalue weighted by molar-refractivity contribution is -0.142. The Labute approximate surface area is 225 Å². The molecular weight excluding hydrogens is 516 g/mol. The highest BCUT2D eigenvalue weighted by Crippen LogP contribution is 2.31. The van der Waals surface area contributed by atoms with Gasteiger partial charge in [-0.05, 0) is 70.3 Å². The summed E-state index contributed by atoms with van der Waals surface area (Å²) in [4.78, 5) is 28.5. The molecule has 1 N–H and O–H groups in total. The molecule has 1 atom stereocenters. The Hall–Kier alpha value is -2.34. The highest BCUT2D eigenvalue weighted by molar-refractivity contribution is 9.10. The molecule has 2 amide bonds. The Morgan fingerprint density at radius 1 is 1.08 bits per heavy atom. The second-order valence-electron chi connectivity index (χ2n) is 10.8. The third-order valence-corrected chi connectivity index (χ3v) is 7.59. The van der Waals surface area contributed by atoms with E-state index in [-0.39, 0.29) is 29.9 Å². The van der Waals surface area contributed by atoms with Crippen LogP contribution in [0.1, 0.15) is 77.3 Å². The minimum Gasteiger partial charge on any atom is -0.483 e. The Kier molecular flexibility index (Phi) is 10.4. The van der Waals surface area contributed by atoms with E-state index < -0.39 is 6.04 Å². The molecule has 0 aromatic heterocycles. The molecule has 0 saturated heterocycles. The van der Waals surface area contributed by atoms with Crippen LogP contribution in [0.15, 0.2) is 53.0 Å². The molecule has 0 bridgehead atoms. The SMILES string of the molecule is CCC(C(=O)NC1CCCCC1)N(CCc1ccccc1)C(=O)COc1ccc(C(C)(C)C)cc1Br. The molecule has 5 nitrogen and oxygen atoms in total. The van der Waals surface area contributed by atoms with E-state index in [1.165, 1.54) is 12.0 Å². The number of nitrogens with zero attached hydrogens (tertiary/aromatic N) is 1. The summed E-state index contributed by atoms with van der Waals surface area (Å²) in [5.74, 6) is 0.393. The van der Waals surface area contributed by atoms with Crippen molar-refractivity contribution in [2.45, 2.75) is 90.1 Å². The van der Waals surface area contributed by atoms with Crippen LogP contribution < -0.4 is 10.1 Å². The largest absolute Gasteiger partial charge is 0.483 e. The Morgan fingerprint density at radius 3 is 2.39 bits per heavy atom. The van der Waals surface area contributed by atoms with Crippen LogP contribution in [0.2, 0.25) is 0 Å². The van der Waals surface area contributed by atoms with Crippen LogP contribution >= 0.6 is 15.9 Å². The lowest BCUT2D eigenvalue weighted by Gasteiger charge is -2.32. The number of amides is 2. The van der Waals surface area contributed by atoms with E-state index in [0.717, 1.165) is 35.7 Å². The van der Waals surface area contributed by atoms with E-state index in [2.05, 4.69) is 54.2 Å². The second-order valence-corrected chi connectivity index (χ2v) is 11.6. The molecule has 0 spiro atoms. The third-order valence-electron chi connectivity index (χ3n) is 6.97. The number of benzene rings is 2. The number of hydrogen-bond acceptors (Lipinski definition) is 3. The highest BCUT2D eigenvalue weighted by atomic mass is 79.9. The fraction of sp³-hybridized carbons (Fsp3) is 0.533. The molecule has 0 radical (unpaired) electrons. The minimum absolute atomic E-state index is 0.0190. The van der Waals surface area contributed by atoms with Crippen molar-refractivity contribution in [3.63, 3.8) is 0 Å². The zero-order valence-electron chi connectivity index (χ0n) is 22.2. The first-order valence-electron chi connectivity index (χ1n) is 13.3. The van der Waals surface area contributed by atoms with Crippen molar-refractivity contribution in [3.05, 3.63) is 64.1 Å². The van der Waals surface area contributed by atoms with Crippen molar-refractivity contribution in [1.29, 1.82) is 0 Å². The predicted octanol–water partition coefficient (Wildman–Crippen LogP) is 6.42. The zero-order valence-corrected chi connectivity index (χ0v) is 23.8. The first-order chi connectivity index (χ1) is 17.2. The third kappa shape index (κ3) is 8.09. The van der Waals surface area contributed by atoms with E-state index in [1.807, 2.05) is 43.3 Å². The summed E-state index contributed by atoms with van der Waals surface area (Å²) < 4.78 is 6.77. The number of ether oxygens (including phenoxy) is 1. The number of rotatable bonds is 10. The van der Waals surface area contributed by atoms with E-state index in [1.54, 1.807) is 4.90 Å². The summed E-state index contributed by atoms with van der Waals surface area (Å²) in [5.41, 5.74) is 2.34. The predicted molar refractivity (Wildman–Crippen MR) is 149 cm³/mol. The van der Waals surface area contributed by atoms with E-state index in [4.69, 9.17) is 4.74 Å². The van der Waals surface area contributed by atoms with Gasteiger partial charge < -0.3 is 15.0 Å². The molecule has 1 unspecified atom stereocenters. The molecule has 2 aromatic rings. The molecule has 1 saturated carbocycles. The Balaban J connectivity index is 1.72. The first kappa shape index (κ1) is 28.2. The average molecular weight is 558 g/mol. The van der Waals surface area contributed by atoms with Gasteiger partial charge in [-0.25, -0.2) is 0 Å². The van der Waals surface area contributed by atoms with Crippen molar-refractivity contribution in [3.8, 4) is 5.75 Å². The second kappa shape index (κ2) is 13.3. The van der Waals surface area contributed by atoms with Crippen LogP contribution in [0, 0.1) is 0 Å². The molecule has 36 heavy (non-hydrogen) atoms. The fourth-order valence-corrected chi connectivity index (χ4v) is 5.24. The van der Waals surface area contributed by atoms with Gasteiger partial charge in [0.15, 0.2) is 6.61 Å². The van der Waals surface area contributed by atoms with Crippen molar-refractivity contribution >= 4 is 27.7 Å². The molecule has 0 aliphatic heterocycles. The van der Waals surface area contributed by atoms with Crippen LogP contribution in [0.5, 0.6) is 5.75 Å². The Bertz CT molecular complexity index is 997. The van der Waals surface area contributed by atoms with Crippen LogP contribution in [0.3, 0.4) is 0 Å². The molecule has 1 aliphatic rings. The molecule has 1 aliphatic carbocycles. The smallest absolute Gasteiger partial charge is 0.261 e. The number of hydrogen-bond donors (Lipinski definition) is 1. The molecule has 2 aromatic carbocycles. The molecule has 0 heterocycles. The van der Waals surface area contributed by atoms with E-state index >= 15 is 0 Å². The van der Waals surface area contributed by atoms with Crippen molar-refractivity contribution in [2.24, 2.45) is 0 Å². The summed E-state index contributed by atoms with van der Waals surface area (Å²) >= 11 is 3.60. The van der Waals surface area contributed by atoms with Gasteiger partial charge in [-0.2, -0.15) is 0 Å². The van der Waals surface area contributed by atoms with E-state index in [0.29, 0.717) is 25.1 Å². The number of halogens is 1. The lowest BCUT2D eigenvalue weighted by atomic mass is 9.87. The zero-order chi connectivity index (χ0) is 26.1. The maximum absolute atomic E-state index is 13.5. The summed E-state index contributed by atoms with van der Waals surface area (Å²) in [7, 11) is 0.